The van der Waals surface area contributed by atoms with Crippen molar-refractivity contribution in [2.45, 2.75) is 25.2 Å². The molecule has 0 fully saturated rings. The van der Waals surface area contributed by atoms with E-state index in [1.807, 2.05) is 13.8 Å². The molecule has 0 aliphatic rings. The van der Waals surface area contributed by atoms with E-state index in [0.29, 0.717) is 18.8 Å². The number of carbonyl (C=O) groups is 2. The number of thiophene rings is 1. The minimum Gasteiger partial charge on any atom is -0.465 e. The molecule has 27 heavy (non-hydrogen) atoms. The van der Waals surface area contributed by atoms with E-state index in [1.165, 1.54) is 18.6 Å². The smallest absolute Gasteiger partial charge is 0.349 e. The molecular weight excluding hydrogens is 388 g/mol. The Labute approximate surface area is 163 Å². The van der Waals surface area contributed by atoms with Crippen molar-refractivity contribution in [3.63, 3.8) is 0 Å². The first-order valence-corrected chi connectivity index (χ1v) is 10.7. The van der Waals surface area contributed by atoms with Gasteiger partial charge in [0.05, 0.1) is 13.5 Å². The molecule has 1 amide bonds. The van der Waals surface area contributed by atoms with Gasteiger partial charge in [-0.05, 0) is 43.0 Å². The topological polar surface area (TPSA) is 92.8 Å². The number of methoxy groups -OCH3 is 1. The van der Waals surface area contributed by atoms with Gasteiger partial charge in [-0.25, -0.2) is 13.2 Å². The van der Waals surface area contributed by atoms with Crippen LogP contribution in [0.2, 0.25) is 0 Å². The van der Waals surface area contributed by atoms with Gasteiger partial charge in [0, 0.05) is 18.8 Å². The molecule has 0 atom stereocenters. The highest BCUT2D eigenvalue weighted by molar-refractivity contribution is 7.93. The van der Waals surface area contributed by atoms with Crippen LogP contribution in [0.4, 0.5) is 5.69 Å². The van der Waals surface area contributed by atoms with Gasteiger partial charge in [-0.3, -0.25) is 9.52 Å². The second kappa shape index (κ2) is 9.01. The van der Waals surface area contributed by atoms with Crippen molar-refractivity contribution in [1.82, 2.24) is 4.90 Å². The van der Waals surface area contributed by atoms with Crippen molar-refractivity contribution < 1.29 is 22.7 Å². The van der Waals surface area contributed by atoms with E-state index in [9.17, 15) is 18.0 Å². The SMILES string of the molecule is CCN(CC)C(=O)Cc1ccc(NS(=O)(=O)c2ccsc2C(=O)OC)cc1. The van der Waals surface area contributed by atoms with E-state index in [4.69, 9.17) is 0 Å². The van der Waals surface area contributed by atoms with Gasteiger partial charge in [-0.1, -0.05) is 12.1 Å². The van der Waals surface area contributed by atoms with Crippen molar-refractivity contribution >= 4 is 38.9 Å². The van der Waals surface area contributed by atoms with E-state index in [0.717, 1.165) is 16.9 Å². The normalized spacial score (nSPS) is 11.1. The molecule has 1 aromatic carbocycles. The summed E-state index contributed by atoms with van der Waals surface area (Å²) in [7, 11) is -2.73. The van der Waals surface area contributed by atoms with Gasteiger partial charge < -0.3 is 9.64 Å². The molecule has 0 saturated heterocycles. The highest BCUT2D eigenvalue weighted by Crippen LogP contribution is 2.25. The standard InChI is InChI=1S/C18H22N2O5S2/c1-4-20(5-2)16(21)12-13-6-8-14(9-7-13)19-27(23,24)15-10-11-26-17(15)18(22)25-3/h6-11,19H,4-5,12H2,1-3H3. The van der Waals surface area contributed by atoms with Crippen LogP contribution in [0.3, 0.4) is 0 Å². The third kappa shape index (κ3) is 5.08. The predicted molar refractivity (Wildman–Crippen MR) is 105 cm³/mol. The molecule has 0 aliphatic carbocycles. The van der Waals surface area contributed by atoms with Crippen molar-refractivity contribution in [2.24, 2.45) is 0 Å². The Morgan fingerprint density at radius 1 is 1.11 bits per heavy atom. The van der Waals surface area contributed by atoms with Gasteiger partial charge in [0.2, 0.25) is 5.91 Å². The molecule has 0 spiro atoms. The van der Waals surface area contributed by atoms with Crippen LogP contribution in [-0.4, -0.2) is 45.4 Å². The van der Waals surface area contributed by atoms with Crippen LogP contribution in [0.25, 0.3) is 0 Å². The number of rotatable bonds is 8. The number of anilines is 1. The van der Waals surface area contributed by atoms with Crippen LogP contribution in [0.15, 0.2) is 40.6 Å². The molecule has 0 saturated carbocycles. The quantitative estimate of drug-likeness (QED) is 0.676. The lowest BCUT2D eigenvalue weighted by molar-refractivity contribution is -0.130. The summed E-state index contributed by atoms with van der Waals surface area (Å²) in [5.41, 5.74) is 1.14. The zero-order chi connectivity index (χ0) is 20.0. The van der Waals surface area contributed by atoms with Crippen LogP contribution >= 0.6 is 11.3 Å². The summed E-state index contributed by atoms with van der Waals surface area (Å²) in [5, 5.41) is 1.52. The zero-order valence-corrected chi connectivity index (χ0v) is 17.0. The second-order valence-electron chi connectivity index (χ2n) is 5.65. The molecular formula is C18H22N2O5S2. The fraction of sp³-hybridized carbons (Fsp3) is 0.333. The van der Waals surface area contributed by atoms with Crippen LogP contribution in [0, 0.1) is 0 Å². The monoisotopic (exact) mass is 410 g/mol. The summed E-state index contributed by atoms with van der Waals surface area (Å²) in [6.07, 6.45) is 0.256. The second-order valence-corrected chi connectivity index (χ2v) is 8.22. The highest BCUT2D eigenvalue weighted by atomic mass is 32.2. The van der Waals surface area contributed by atoms with Gasteiger partial charge in [-0.15, -0.1) is 11.3 Å². The number of nitrogens with zero attached hydrogens (tertiary/aromatic N) is 1. The average Bonchev–Trinajstić information content (AvgIpc) is 3.14. The Balaban J connectivity index is 2.13. The Kier molecular flexibility index (Phi) is 6.98. The van der Waals surface area contributed by atoms with Gasteiger partial charge in [0.1, 0.15) is 9.77 Å². The number of benzene rings is 1. The Morgan fingerprint density at radius 3 is 2.30 bits per heavy atom. The van der Waals surface area contributed by atoms with Crippen molar-refractivity contribution in [2.75, 3.05) is 24.9 Å². The number of nitrogens with one attached hydrogen (secondary N) is 1. The molecule has 7 nitrogen and oxygen atoms in total. The third-order valence-corrected chi connectivity index (χ3v) is 6.41. The number of likely N-dealkylation sites (N-methyl/N-ethyl adjacent to an activating group) is 1. The van der Waals surface area contributed by atoms with Crippen LogP contribution in [-0.2, 0) is 26.0 Å². The Bertz CT molecular complexity index is 900. The minimum absolute atomic E-state index is 0.0199. The summed E-state index contributed by atoms with van der Waals surface area (Å²) in [6, 6.07) is 7.94. The fourth-order valence-corrected chi connectivity index (χ4v) is 4.91. The minimum atomic E-state index is -3.93. The number of esters is 1. The summed E-state index contributed by atoms with van der Waals surface area (Å²) in [5.74, 6) is -0.676. The predicted octanol–water partition coefficient (Wildman–Crippen LogP) is 2.75. The molecule has 0 bridgehead atoms. The first kappa shape index (κ1) is 20.9. The highest BCUT2D eigenvalue weighted by Gasteiger charge is 2.24. The average molecular weight is 411 g/mol. The third-order valence-electron chi connectivity index (χ3n) is 3.97. The van der Waals surface area contributed by atoms with Gasteiger partial charge >= 0.3 is 5.97 Å². The molecule has 0 radical (unpaired) electrons. The zero-order valence-electron chi connectivity index (χ0n) is 15.4. The molecule has 2 aromatic rings. The lowest BCUT2D eigenvalue weighted by Gasteiger charge is -2.18. The van der Waals surface area contributed by atoms with Crippen molar-refractivity contribution in [3.8, 4) is 0 Å². The molecule has 0 aliphatic heterocycles. The maximum absolute atomic E-state index is 12.6. The summed E-state index contributed by atoms with van der Waals surface area (Å²) in [6.45, 7) is 5.14. The van der Waals surface area contributed by atoms with E-state index >= 15 is 0 Å². The van der Waals surface area contributed by atoms with Crippen LogP contribution < -0.4 is 4.72 Å². The van der Waals surface area contributed by atoms with Gasteiger partial charge in [-0.2, -0.15) is 0 Å². The van der Waals surface area contributed by atoms with Crippen LogP contribution in [0.1, 0.15) is 29.1 Å². The largest absolute Gasteiger partial charge is 0.465 e. The number of carbonyl (C=O) groups excluding carboxylic acids is 2. The molecule has 2 rings (SSSR count). The van der Waals surface area contributed by atoms with E-state index in [1.54, 1.807) is 29.2 Å². The first-order valence-electron chi connectivity index (χ1n) is 8.37. The first-order chi connectivity index (χ1) is 12.8. The summed E-state index contributed by atoms with van der Waals surface area (Å²) in [4.78, 5) is 25.5. The summed E-state index contributed by atoms with van der Waals surface area (Å²) < 4.78 is 32.2. The fourth-order valence-electron chi connectivity index (χ4n) is 2.51. The van der Waals surface area contributed by atoms with Gasteiger partial charge in [0.15, 0.2) is 0 Å². The van der Waals surface area contributed by atoms with E-state index in [-0.39, 0.29) is 22.1 Å². The van der Waals surface area contributed by atoms with Crippen LogP contribution in [0.5, 0.6) is 0 Å². The number of ether oxygens (including phenoxy) is 1. The Morgan fingerprint density at radius 2 is 1.74 bits per heavy atom. The number of hydrogen-bond acceptors (Lipinski definition) is 6. The Hall–Kier alpha value is -2.39. The lowest BCUT2D eigenvalue weighted by Crippen LogP contribution is -2.31. The van der Waals surface area contributed by atoms with E-state index < -0.39 is 16.0 Å². The molecule has 1 aromatic heterocycles. The molecule has 146 valence electrons. The molecule has 0 unspecified atom stereocenters. The summed E-state index contributed by atoms with van der Waals surface area (Å²) >= 11 is 1.000. The maximum Gasteiger partial charge on any atom is 0.349 e. The van der Waals surface area contributed by atoms with Crippen molar-refractivity contribution in [3.05, 3.63) is 46.2 Å². The van der Waals surface area contributed by atoms with Crippen molar-refractivity contribution in [1.29, 1.82) is 0 Å². The number of amides is 1. The van der Waals surface area contributed by atoms with Gasteiger partial charge in [0.25, 0.3) is 10.0 Å². The maximum atomic E-state index is 12.6. The number of hydrogen-bond donors (Lipinski definition) is 1. The van der Waals surface area contributed by atoms with E-state index in [2.05, 4.69) is 9.46 Å². The molecule has 1 N–H and O–H groups in total. The molecule has 1 heterocycles. The molecule has 9 heteroatoms. The number of sulfonamides is 1. The lowest BCUT2D eigenvalue weighted by atomic mass is 10.1.